The molecule has 1 aliphatic rings. The predicted molar refractivity (Wildman–Crippen MR) is 152 cm³/mol. The van der Waals surface area contributed by atoms with E-state index in [2.05, 4.69) is 5.32 Å². The average Bonchev–Trinajstić information content (AvgIpc) is 2.88. The standard InChI is InChI=1S/C28H39ClN4O4S/c1-20-15-16-21(2)26(17-20)33(38(36,37)31(4)5)19-27(34)32(18-23-11-9-10-14-25(23)29)22(3)28(35)30-24-12-7-6-8-13-24/h9-11,14-17,22,24H,6-8,12-13,18-19H2,1-5H3,(H,30,35)/t22-/m1/s1. The Labute approximate surface area is 232 Å². The number of halogens is 1. The highest BCUT2D eigenvalue weighted by atomic mass is 35.5. The van der Waals surface area contributed by atoms with Gasteiger partial charge in [-0.15, -0.1) is 0 Å². The van der Waals surface area contributed by atoms with Gasteiger partial charge in [0.25, 0.3) is 0 Å². The molecule has 208 valence electrons. The number of anilines is 1. The Hall–Kier alpha value is -2.62. The molecular weight excluding hydrogens is 524 g/mol. The fourth-order valence-electron chi connectivity index (χ4n) is 4.65. The van der Waals surface area contributed by atoms with Crippen LogP contribution in [-0.4, -0.2) is 62.2 Å². The van der Waals surface area contributed by atoms with Gasteiger partial charge >= 0.3 is 10.2 Å². The summed E-state index contributed by atoms with van der Waals surface area (Å²) in [6.07, 6.45) is 5.12. The first-order valence-electron chi connectivity index (χ1n) is 13.0. The number of carbonyl (C=O) groups excluding carboxylic acids is 2. The molecule has 0 heterocycles. The molecule has 0 aromatic heterocycles. The Bertz CT molecular complexity index is 1250. The van der Waals surface area contributed by atoms with E-state index in [0.717, 1.165) is 51.8 Å². The molecule has 0 radical (unpaired) electrons. The number of hydrogen-bond donors (Lipinski definition) is 1. The summed E-state index contributed by atoms with van der Waals surface area (Å²) in [7, 11) is -1.16. The van der Waals surface area contributed by atoms with Crippen LogP contribution in [0.5, 0.6) is 0 Å². The van der Waals surface area contributed by atoms with Crippen LogP contribution < -0.4 is 9.62 Å². The molecule has 1 N–H and O–H groups in total. The molecule has 0 bridgehead atoms. The van der Waals surface area contributed by atoms with Crippen LogP contribution in [0, 0.1) is 13.8 Å². The molecule has 1 atom stereocenters. The van der Waals surface area contributed by atoms with Crippen molar-refractivity contribution in [1.29, 1.82) is 0 Å². The molecule has 10 heteroatoms. The molecule has 0 unspecified atom stereocenters. The highest BCUT2D eigenvalue weighted by Crippen LogP contribution is 2.27. The largest absolute Gasteiger partial charge is 0.352 e. The minimum Gasteiger partial charge on any atom is -0.352 e. The molecular formula is C28H39ClN4O4S. The number of benzene rings is 2. The summed E-state index contributed by atoms with van der Waals surface area (Å²) in [6.45, 7) is 4.96. The van der Waals surface area contributed by atoms with Gasteiger partial charge in [-0.3, -0.25) is 9.59 Å². The van der Waals surface area contributed by atoms with Gasteiger partial charge in [-0.05, 0) is 62.4 Å². The van der Waals surface area contributed by atoms with Gasteiger partial charge in [-0.25, -0.2) is 4.31 Å². The zero-order valence-electron chi connectivity index (χ0n) is 22.9. The van der Waals surface area contributed by atoms with Crippen LogP contribution in [-0.2, 0) is 26.3 Å². The predicted octanol–water partition coefficient (Wildman–Crippen LogP) is 4.44. The highest BCUT2D eigenvalue weighted by Gasteiger charge is 2.34. The summed E-state index contributed by atoms with van der Waals surface area (Å²) < 4.78 is 29.0. The number of amides is 2. The minimum atomic E-state index is -4.02. The van der Waals surface area contributed by atoms with Crippen molar-refractivity contribution < 1.29 is 18.0 Å². The Kier molecular flexibility index (Phi) is 10.2. The first-order chi connectivity index (χ1) is 17.9. The molecule has 1 fully saturated rings. The summed E-state index contributed by atoms with van der Waals surface area (Å²) in [6, 6.07) is 11.9. The van der Waals surface area contributed by atoms with E-state index in [1.165, 1.54) is 19.0 Å². The van der Waals surface area contributed by atoms with Gasteiger partial charge in [0.2, 0.25) is 11.8 Å². The van der Waals surface area contributed by atoms with Gasteiger partial charge in [0, 0.05) is 31.7 Å². The van der Waals surface area contributed by atoms with Gasteiger partial charge < -0.3 is 10.2 Å². The van der Waals surface area contributed by atoms with Crippen molar-refractivity contribution in [3.63, 3.8) is 0 Å². The SMILES string of the molecule is Cc1ccc(C)c(N(CC(=O)N(Cc2ccccc2Cl)[C@H](C)C(=O)NC2CCCCC2)S(=O)(=O)N(C)C)c1. The van der Waals surface area contributed by atoms with E-state index in [4.69, 9.17) is 11.6 Å². The summed E-state index contributed by atoms with van der Waals surface area (Å²) in [5, 5.41) is 3.57. The molecule has 1 saturated carbocycles. The molecule has 1 aliphatic carbocycles. The lowest BCUT2D eigenvalue weighted by molar-refractivity contribution is -0.139. The van der Waals surface area contributed by atoms with Crippen LogP contribution in [0.4, 0.5) is 5.69 Å². The summed E-state index contributed by atoms with van der Waals surface area (Å²) in [5.41, 5.74) is 2.68. The first-order valence-corrected chi connectivity index (χ1v) is 14.8. The molecule has 2 aromatic rings. The van der Waals surface area contributed by atoms with Crippen molar-refractivity contribution in [2.24, 2.45) is 0 Å². The van der Waals surface area contributed by atoms with Crippen molar-refractivity contribution in [1.82, 2.24) is 14.5 Å². The maximum absolute atomic E-state index is 13.9. The van der Waals surface area contributed by atoms with E-state index in [0.29, 0.717) is 16.3 Å². The van der Waals surface area contributed by atoms with Crippen molar-refractivity contribution in [3.05, 3.63) is 64.2 Å². The Morgan fingerprint density at radius 3 is 2.34 bits per heavy atom. The maximum Gasteiger partial charge on any atom is 0.304 e. The van der Waals surface area contributed by atoms with E-state index < -0.39 is 28.7 Å². The van der Waals surface area contributed by atoms with E-state index in [-0.39, 0.29) is 18.5 Å². The average molecular weight is 563 g/mol. The van der Waals surface area contributed by atoms with Crippen LogP contribution in [0.2, 0.25) is 5.02 Å². The van der Waals surface area contributed by atoms with Crippen molar-refractivity contribution in [3.8, 4) is 0 Å². The molecule has 8 nitrogen and oxygen atoms in total. The quantitative estimate of drug-likeness (QED) is 0.464. The Balaban J connectivity index is 1.96. The van der Waals surface area contributed by atoms with Crippen LogP contribution >= 0.6 is 11.6 Å². The fraction of sp³-hybridized carbons (Fsp3) is 0.500. The lowest BCUT2D eigenvalue weighted by atomic mass is 9.95. The third-order valence-electron chi connectivity index (χ3n) is 7.07. The summed E-state index contributed by atoms with van der Waals surface area (Å²) in [5.74, 6) is -0.756. The number of nitrogens with one attached hydrogen (secondary N) is 1. The van der Waals surface area contributed by atoms with E-state index in [9.17, 15) is 18.0 Å². The normalized spacial score (nSPS) is 15.2. The zero-order valence-corrected chi connectivity index (χ0v) is 24.5. The van der Waals surface area contributed by atoms with Gasteiger partial charge in [-0.1, -0.05) is 61.2 Å². The fourth-order valence-corrected chi connectivity index (χ4v) is 5.96. The van der Waals surface area contributed by atoms with Gasteiger partial charge in [-0.2, -0.15) is 12.7 Å². The van der Waals surface area contributed by atoms with Crippen LogP contribution in [0.25, 0.3) is 0 Å². The van der Waals surface area contributed by atoms with Crippen molar-refractivity contribution in [2.75, 3.05) is 24.9 Å². The topological polar surface area (TPSA) is 90.0 Å². The van der Waals surface area contributed by atoms with E-state index in [1.54, 1.807) is 38.1 Å². The van der Waals surface area contributed by atoms with Crippen molar-refractivity contribution in [2.45, 2.75) is 71.5 Å². The molecule has 3 rings (SSSR count). The van der Waals surface area contributed by atoms with E-state index >= 15 is 0 Å². The number of rotatable bonds is 10. The lowest BCUT2D eigenvalue weighted by Gasteiger charge is -2.34. The lowest BCUT2D eigenvalue weighted by Crippen LogP contribution is -2.53. The van der Waals surface area contributed by atoms with Gasteiger partial charge in [0.05, 0.1) is 5.69 Å². The first kappa shape index (κ1) is 29.9. The number of hydrogen-bond acceptors (Lipinski definition) is 4. The third-order valence-corrected chi connectivity index (χ3v) is 9.24. The Morgan fingerprint density at radius 2 is 1.71 bits per heavy atom. The number of nitrogens with zero attached hydrogens (tertiary/aromatic N) is 3. The maximum atomic E-state index is 13.9. The van der Waals surface area contributed by atoms with E-state index in [1.807, 2.05) is 25.1 Å². The van der Waals surface area contributed by atoms with Crippen LogP contribution in [0.3, 0.4) is 0 Å². The molecule has 0 spiro atoms. The zero-order chi connectivity index (χ0) is 28.0. The highest BCUT2D eigenvalue weighted by molar-refractivity contribution is 7.90. The molecule has 2 amide bonds. The van der Waals surface area contributed by atoms with Gasteiger partial charge in [0.15, 0.2) is 0 Å². The smallest absolute Gasteiger partial charge is 0.304 e. The van der Waals surface area contributed by atoms with Crippen LogP contribution in [0.1, 0.15) is 55.7 Å². The number of aryl methyl sites for hydroxylation is 2. The molecule has 2 aromatic carbocycles. The second-order valence-electron chi connectivity index (χ2n) is 10.2. The number of carbonyl (C=O) groups is 2. The minimum absolute atomic E-state index is 0.0699. The second kappa shape index (κ2) is 13.0. The second-order valence-corrected chi connectivity index (χ2v) is 12.7. The van der Waals surface area contributed by atoms with Crippen molar-refractivity contribution >= 4 is 39.3 Å². The summed E-state index contributed by atoms with van der Waals surface area (Å²) >= 11 is 6.42. The Morgan fingerprint density at radius 1 is 1.05 bits per heavy atom. The third kappa shape index (κ3) is 7.27. The van der Waals surface area contributed by atoms with Crippen LogP contribution in [0.15, 0.2) is 42.5 Å². The molecule has 0 saturated heterocycles. The molecule has 38 heavy (non-hydrogen) atoms. The monoisotopic (exact) mass is 562 g/mol. The molecule has 0 aliphatic heterocycles. The van der Waals surface area contributed by atoms with Gasteiger partial charge in [0.1, 0.15) is 12.6 Å². The summed E-state index contributed by atoms with van der Waals surface area (Å²) in [4.78, 5) is 28.7.